The van der Waals surface area contributed by atoms with Crippen molar-refractivity contribution >= 4 is 40.1 Å². The summed E-state index contributed by atoms with van der Waals surface area (Å²) in [6, 6.07) is 8.95. The van der Waals surface area contributed by atoms with Crippen LogP contribution >= 0.6 is 11.3 Å². The molecule has 1 spiro atoms. The topological polar surface area (TPSA) is 79.3 Å². The minimum Gasteiger partial charge on any atom is -0.338 e. The normalized spacial score (nSPS) is 17.1. The Morgan fingerprint density at radius 3 is 2.61 bits per heavy atom. The van der Waals surface area contributed by atoms with Crippen LogP contribution in [0.4, 0.5) is 14.7 Å². The molecule has 2 N–H and O–H groups in total. The number of likely N-dealkylation sites (tertiary alicyclic amines) is 1. The number of fused-ring (bicyclic) bond motifs is 1. The molecule has 1 aliphatic carbocycles. The molecular weight excluding hydrogens is 508 g/mol. The molecule has 2 aromatic heterocycles. The van der Waals surface area contributed by atoms with Crippen molar-refractivity contribution in [1.82, 2.24) is 19.8 Å². The Balaban J connectivity index is 1.39. The third kappa shape index (κ3) is 5.24. The largest absolute Gasteiger partial charge is 0.338 e. The maximum atomic E-state index is 13.1. The molecule has 7 nitrogen and oxygen atoms in total. The lowest BCUT2D eigenvalue weighted by molar-refractivity contribution is -0.148. The maximum Gasteiger partial charge on any atom is 0.272 e. The van der Waals surface area contributed by atoms with Crippen molar-refractivity contribution < 1.29 is 18.4 Å². The van der Waals surface area contributed by atoms with Crippen molar-refractivity contribution in [3.05, 3.63) is 58.3 Å². The van der Waals surface area contributed by atoms with E-state index in [9.17, 15) is 18.4 Å². The molecule has 5 rings (SSSR count). The number of benzene rings is 1. The molecule has 3 aromatic rings. The van der Waals surface area contributed by atoms with Gasteiger partial charge in [-0.05, 0) is 54.2 Å². The van der Waals surface area contributed by atoms with Crippen molar-refractivity contribution in [3.8, 4) is 0 Å². The molecular formula is C28H33F2N5O2S. The van der Waals surface area contributed by atoms with Gasteiger partial charge >= 0.3 is 0 Å². The van der Waals surface area contributed by atoms with Crippen molar-refractivity contribution in [2.45, 2.75) is 52.6 Å². The van der Waals surface area contributed by atoms with E-state index in [0.717, 1.165) is 47.3 Å². The summed E-state index contributed by atoms with van der Waals surface area (Å²) in [7, 11) is 0. The van der Waals surface area contributed by atoms with E-state index in [0.29, 0.717) is 25.6 Å². The Kier molecular flexibility index (Phi) is 6.89. The lowest BCUT2D eigenvalue weighted by Gasteiger charge is -2.59. The first-order valence-electron chi connectivity index (χ1n) is 12.8. The van der Waals surface area contributed by atoms with Crippen LogP contribution in [0.2, 0.25) is 0 Å². The van der Waals surface area contributed by atoms with Crippen LogP contribution in [0.15, 0.2) is 43.0 Å². The standard InChI is InChI=1S/C28H33F2N5O2S/c1-5-23(36)34-15-28(16-34)11-18(12-28)35-20-7-6-17(13-31-14-27(2,3)4)10-19(20)32-26(35)33-25(37)22-9-8-21(38-22)24(29)30/h5-10,18,24,31H,1,11-16H2,2-4H3,(H,32,33,37). The number of aromatic nitrogens is 2. The van der Waals surface area contributed by atoms with Crippen molar-refractivity contribution in [2.75, 3.05) is 25.0 Å². The highest BCUT2D eigenvalue weighted by molar-refractivity contribution is 7.14. The van der Waals surface area contributed by atoms with Crippen LogP contribution in [0, 0.1) is 10.8 Å². The summed E-state index contributed by atoms with van der Waals surface area (Å²) in [5.74, 6) is -0.0900. The fourth-order valence-electron chi connectivity index (χ4n) is 5.48. The zero-order chi connectivity index (χ0) is 27.2. The molecule has 0 atom stereocenters. The zero-order valence-electron chi connectivity index (χ0n) is 21.9. The second-order valence-corrected chi connectivity index (χ2v) is 12.8. The number of hydrogen-bond acceptors (Lipinski definition) is 5. The first-order chi connectivity index (χ1) is 18.0. The van der Waals surface area contributed by atoms with Crippen molar-refractivity contribution in [3.63, 3.8) is 0 Å². The summed E-state index contributed by atoms with van der Waals surface area (Å²) in [5.41, 5.74) is 3.03. The van der Waals surface area contributed by atoms with E-state index in [2.05, 4.69) is 48.6 Å². The Labute approximate surface area is 224 Å². The van der Waals surface area contributed by atoms with Crippen LogP contribution < -0.4 is 10.6 Å². The summed E-state index contributed by atoms with van der Waals surface area (Å²) >= 11 is 0.787. The third-order valence-electron chi connectivity index (χ3n) is 7.27. The van der Waals surface area contributed by atoms with Crippen LogP contribution in [0.5, 0.6) is 0 Å². The highest BCUT2D eigenvalue weighted by atomic mass is 32.1. The van der Waals surface area contributed by atoms with Crippen LogP contribution in [0.25, 0.3) is 11.0 Å². The monoisotopic (exact) mass is 541 g/mol. The van der Waals surface area contributed by atoms with Gasteiger partial charge in [-0.2, -0.15) is 0 Å². The predicted molar refractivity (Wildman–Crippen MR) is 146 cm³/mol. The minimum absolute atomic E-state index is 0.0492. The Morgan fingerprint density at radius 2 is 1.97 bits per heavy atom. The van der Waals surface area contributed by atoms with Gasteiger partial charge in [-0.3, -0.25) is 14.9 Å². The fraction of sp³-hybridized carbons (Fsp3) is 0.464. The number of carbonyl (C=O) groups excluding carboxylic acids is 2. The van der Waals surface area contributed by atoms with E-state index < -0.39 is 12.3 Å². The Bertz CT molecular complexity index is 1380. The highest BCUT2D eigenvalue weighted by Crippen LogP contribution is 2.55. The highest BCUT2D eigenvalue weighted by Gasteiger charge is 2.54. The summed E-state index contributed by atoms with van der Waals surface area (Å²) in [4.78, 5) is 31.6. The van der Waals surface area contributed by atoms with E-state index >= 15 is 0 Å². The van der Waals surface area contributed by atoms with Gasteiger partial charge in [0.2, 0.25) is 11.9 Å². The summed E-state index contributed by atoms with van der Waals surface area (Å²) in [6.07, 6.45) is 0.465. The van der Waals surface area contributed by atoms with Gasteiger partial charge in [0.25, 0.3) is 12.3 Å². The number of alkyl halides is 2. The quantitative estimate of drug-likeness (QED) is 0.355. The number of rotatable bonds is 8. The number of nitrogens with zero attached hydrogens (tertiary/aromatic N) is 3. The molecule has 0 unspecified atom stereocenters. The van der Waals surface area contributed by atoms with E-state index in [-0.39, 0.29) is 32.5 Å². The lowest BCUT2D eigenvalue weighted by atomic mass is 9.60. The minimum atomic E-state index is -2.61. The average Bonchev–Trinajstić information content (AvgIpc) is 3.42. The van der Waals surface area contributed by atoms with Gasteiger partial charge in [0.15, 0.2) is 0 Å². The number of hydrogen-bond donors (Lipinski definition) is 2. The number of amides is 2. The van der Waals surface area contributed by atoms with E-state index in [4.69, 9.17) is 4.98 Å². The van der Waals surface area contributed by atoms with Gasteiger partial charge in [-0.25, -0.2) is 13.8 Å². The Hall–Kier alpha value is -3.11. The van der Waals surface area contributed by atoms with Crippen LogP contribution in [0.3, 0.4) is 0 Å². The number of carbonyl (C=O) groups is 2. The van der Waals surface area contributed by atoms with Crippen molar-refractivity contribution in [2.24, 2.45) is 10.8 Å². The molecule has 10 heteroatoms. The molecule has 202 valence electrons. The smallest absolute Gasteiger partial charge is 0.272 e. The molecule has 1 aliphatic heterocycles. The van der Waals surface area contributed by atoms with E-state index in [1.54, 1.807) is 4.90 Å². The summed E-state index contributed by atoms with van der Waals surface area (Å²) in [5, 5.41) is 6.36. The van der Waals surface area contributed by atoms with Crippen LogP contribution in [-0.4, -0.2) is 45.9 Å². The maximum absolute atomic E-state index is 13.1. The number of nitrogens with one attached hydrogen (secondary N) is 2. The summed E-state index contributed by atoms with van der Waals surface area (Å²) in [6.45, 7) is 13.1. The number of anilines is 1. The number of thiophene rings is 1. The zero-order valence-corrected chi connectivity index (χ0v) is 22.7. The molecule has 1 saturated heterocycles. The molecule has 1 saturated carbocycles. The van der Waals surface area contributed by atoms with Gasteiger partial charge < -0.3 is 14.8 Å². The van der Waals surface area contributed by atoms with E-state index in [1.165, 1.54) is 18.2 Å². The van der Waals surface area contributed by atoms with Gasteiger partial charge in [0, 0.05) is 37.6 Å². The molecule has 0 bridgehead atoms. The molecule has 2 amide bonds. The van der Waals surface area contributed by atoms with E-state index in [1.807, 2.05) is 12.1 Å². The second kappa shape index (κ2) is 9.89. The lowest BCUT2D eigenvalue weighted by Crippen LogP contribution is -2.63. The van der Waals surface area contributed by atoms with Crippen molar-refractivity contribution in [1.29, 1.82) is 0 Å². The van der Waals surface area contributed by atoms with Crippen LogP contribution in [0.1, 0.15) is 66.2 Å². The molecule has 2 aliphatic rings. The number of imidazole rings is 1. The van der Waals surface area contributed by atoms with Gasteiger partial charge in [0.1, 0.15) is 0 Å². The van der Waals surface area contributed by atoms with Gasteiger partial charge in [-0.15, -0.1) is 11.3 Å². The molecule has 1 aromatic carbocycles. The molecule has 3 heterocycles. The fourth-order valence-corrected chi connectivity index (χ4v) is 6.24. The van der Waals surface area contributed by atoms with Crippen LogP contribution in [-0.2, 0) is 11.3 Å². The molecule has 38 heavy (non-hydrogen) atoms. The Morgan fingerprint density at radius 1 is 1.24 bits per heavy atom. The molecule has 2 fully saturated rings. The van der Waals surface area contributed by atoms with Gasteiger partial charge in [0.05, 0.1) is 20.8 Å². The van der Waals surface area contributed by atoms with Gasteiger partial charge in [-0.1, -0.05) is 33.4 Å². The predicted octanol–water partition coefficient (Wildman–Crippen LogP) is 5.77. The SMILES string of the molecule is C=CC(=O)N1CC2(CC(n3c(NC(=O)c4ccc(C(F)F)s4)nc4cc(CNCC(C)(C)C)ccc43)C2)C1. The first-order valence-corrected chi connectivity index (χ1v) is 13.6. The number of halogens is 2. The molecule has 0 radical (unpaired) electrons. The second-order valence-electron chi connectivity index (χ2n) is 11.7. The third-order valence-corrected chi connectivity index (χ3v) is 8.36. The average molecular weight is 542 g/mol. The summed E-state index contributed by atoms with van der Waals surface area (Å²) < 4.78 is 28.2. The first kappa shape index (κ1) is 26.5.